The summed E-state index contributed by atoms with van der Waals surface area (Å²) in [5, 5.41) is 4.01. The molecule has 136 valence electrons. The van der Waals surface area contributed by atoms with Crippen LogP contribution in [0.3, 0.4) is 0 Å². The van der Waals surface area contributed by atoms with Gasteiger partial charge in [0.1, 0.15) is 17.2 Å². The average molecular weight is 360 g/mol. The normalized spacial score (nSPS) is 10.6. The molecule has 5 heteroatoms. The van der Waals surface area contributed by atoms with Crippen molar-refractivity contribution in [3.05, 3.63) is 90.0 Å². The summed E-state index contributed by atoms with van der Waals surface area (Å²) < 4.78 is 10.9. The molecule has 3 rings (SSSR count). The maximum absolute atomic E-state index is 12.0. The smallest absolute Gasteiger partial charge is 0.244 e. The summed E-state index contributed by atoms with van der Waals surface area (Å²) in [4.78, 5) is 12.0. The van der Waals surface area contributed by atoms with Crippen molar-refractivity contribution < 1.29 is 14.3 Å². The molecule has 5 nitrogen and oxygen atoms in total. The van der Waals surface area contributed by atoms with Gasteiger partial charge in [-0.1, -0.05) is 42.5 Å². The zero-order chi connectivity index (χ0) is 18.9. The maximum Gasteiger partial charge on any atom is 0.244 e. The molecule has 1 amide bonds. The Bertz CT molecular complexity index is 906. The lowest BCUT2D eigenvalue weighted by atomic mass is 10.1. The molecule has 0 radical (unpaired) electrons. The second-order valence-corrected chi connectivity index (χ2v) is 5.81. The Morgan fingerprint density at radius 2 is 1.67 bits per heavy atom. The maximum atomic E-state index is 12.0. The van der Waals surface area contributed by atoms with Crippen LogP contribution in [-0.2, 0) is 11.2 Å². The average Bonchev–Trinajstić information content (AvgIpc) is 2.70. The van der Waals surface area contributed by atoms with Crippen LogP contribution in [0.1, 0.15) is 11.1 Å². The number of carbonyl (C=O) groups excluding carboxylic acids is 1. The number of amides is 1. The minimum Gasteiger partial charge on any atom is -0.497 e. The molecule has 0 saturated carbocycles. The summed E-state index contributed by atoms with van der Waals surface area (Å²) in [5.74, 6) is 2.04. The fourth-order valence-corrected chi connectivity index (χ4v) is 2.43. The van der Waals surface area contributed by atoms with E-state index in [-0.39, 0.29) is 12.3 Å². The van der Waals surface area contributed by atoms with Crippen LogP contribution in [0, 0.1) is 0 Å². The number of hydrazone groups is 1. The molecule has 1 N–H and O–H groups in total. The van der Waals surface area contributed by atoms with Crippen LogP contribution in [-0.4, -0.2) is 19.2 Å². The molecule has 0 heterocycles. The Hall–Kier alpha value is -3.60. The largest absolute Gasteiger partial charge is 0.497 e. The van der Waals surface area contributed by atoms with Gasteiger partial charge in [-0.15, -0.1) is 0 Å². The highest BCUT2D eigenvalue weighted by Gasteiger charge is 2.02. The minimum atomic E-state index is -0.187. The minimum absolute atomic E-state index is 0.187. The fraction of sp³-hybridized carbons (Fsp3) is 0.0909. The molecule has 0 fully saturated rings. The van der Waals surface area contributed by atoms with Crippen molar-refractivity contribution in [1.29, 1.82) is 0 Å². The number of hydrogen-bond donors (Lipinski definition) is 1. The highest BCUT2D eigenvalue weighted by Crippen LogP contribution is 2.21. The van der Waals surface area contributed by atoms with Gasteiger partial charge in [-0.2, -0.15) is 5.10 Å². The molecule has 0 atom stereocenters. The second kappa shape index (κ2) is 9.20. The number of hydrogen-bond acceptors (Lipinski definition) is 4. The number of carbonyl (C=O) groups is 1. The van der Waals surface area contributed by atoms with Crippen molar-refractivity contribution >= 4 is 12.1 Å². The lowest BCUT2D eigenvalue weighted by Crippen LogP contribution is -2.19. The van der Waals surface area contributed by atoms with Crippen molar-refractivity contribution in [2.45, 2.75) is 6.42 Å². The molecular formula is C22H20N2O3. The Morgan fingerprint density at radius 1 is 0.926 bits per heavy atom. The lowest BCUT2D eigenvalue weighted by Gasteiger charge is -2.06. The monoisotopic (exact) mass is 360 g/mol. The SMILES string of the molecule is COc1ccc(CC(=O)NN=Cc2cccc(Oc3ccccc3)c2)cc1. The van der Waals surface area contributed by atoms with Gasteiger partial charge in [-0.3, -0.25) is 4.79 Å². The van der Waals surface area contributed by atoms with Crippen molar-refractivity contribution in [2.75, 3.05) is 7.11 Å². The number of nitrogens with one attached hydrogen (secondary N) is 1. The predicted molar refractivity (Wildman–Crippen MR) is 105 cm³/mol. The molecule has 0 aromatic heterocycles. The standard InChI is InChI=1S/C22H20N2O3/c1-26-19-12-10-17(11-13-19)15-22(25)24-23-16-18-6-5-9-21(14-18)27-20-7-3-2-4-8-20/h2-14,16H,15H2,1H3,(H,24,25). The molecular weight excluding hydrogens is 340 g/mol. The Balaban J connectivity index is 1.54. The van der Waals surface area contributed by atoms with E-state index in [1.165, 1.54) is 0 Å². The number of para-hydroxylation sites is 1. The fourth-order valence-electron chi connectivity index (χ4n) is 2.43. The third-order valence-electron chi connectivity index (χ3n) is 3.76. The first kappa shape index (κ1) is 18.2. The first-order valence-electron chi connectivity index (χ1n) is 8.51. The van der Waals surface area contributed by atoms with Crippen molar-refractivity contribution in [3.63, 3.8) is 0 Å². The van der Waals surface area contributed by atoms with Crippen LogP contribution in [0.15, 0.2) is 84.0 Å². The summed E-state index contributed by atoms with van der Waals surface area (Å²) in [6.45, 7) is 0. The first-order chi connectivity index (χ1) is 13.2. The van der Waals surface area contributed by atoms with Crippen LogP contribution in [0.25, 0.3) is 0 Å². The Morgan fingerprint density at radius 3 is 2.41 bits per heavy atom. The van der Waals surface area contributed by atoms with Gasteiger partial charge in [0.15, 0.2) is 0 Å². The van der Waals surface area contributed by atoms with Gasteiger partial charge in [0, 0.05) is 0 Å². The zero-order valence-corrected chi connectivity index (χ0v) is 15.0. The van der Waals surface area contributed by atoms with Gasteiger partial charge in [-0.05, 0) is 47.5 Å². The second-order valence-electron chi connectivity index (χ2n) is 5.81. The van der Waals surface area contributed by atoms with Gasteiger partial charge in [0.25, 0.3) is 0 Å². The van der Waals surface area contributed by atoms with Crippen molar-refractivity contribution in [3.8, 4) is 17.2 Å². The van der Waals surface area contributed by atoms with Gasteiger partial charge in [0.05, 0.1) is 19.7 Å². The summed E-state index contributed by atoms with van der Waals surface area (Å²) in [6.07, 6.45) is 1.84. The summed E-state index contributed by atoms with van der Waals surface area (Å²) >= 11 is 0. The topological polar surface area (TPSA) is 59.9 Å². The molecule has 27 heavy (non-hydrogen) atoms. The van der Waals surface area contributed by atoms with E-state index in [9.17, 15) is 4.79 Å². The van der Waals surface area contributed by atoms with Crippen LogP contribution in [0.2, 0.25) is 0 Å². The van der Waals surface area contributed by atoms with E-state index in [1.807, 2.05) is 78.9 Å². The van der Waals surface area contributed by atoms with E-state index in [1.54, 1.807) is 13.3 Å². The van der Waals surface area contributed by atoms with Crippen LogP contribution < -0.4 is 14.9 Å². The third kappa shape index (κ3) is 5.71. The van der Waals surface area contributed by atoms with Crippen LogP contribution in [0.4, 0.5) is 0 Å². The molecule has 0 aliphatic rings. The van der Waals surface area contributed by atoms with E-state index in [4.69, 9.17) is 9.47 Å². The number of methoxy groups -OCH3 is 1. The summed E-state index contributed by atoms with van der Waals surface area (Å²) in [7, 11) is 1.61. The van der Waals surface area contributed by atoms with Gasteiger partial charge in [0.2, 0.25) is 5.91 Å². The van der Waals surface area contributed by atoms with Gasteiger partial charge in [-0.25, -0.2) is 5.43 Å². The van der Waals surface area contributed by atoms with E-state index in [2.05, 4.69) is 10.5 Å². The molecule has 0 saturated heterocycles. The first-order valence-corrected chi connectivity index (χ1v) is 8.51. The predicted octanol–water partition coefficient (Wildman–Crippen LogP) is 4.18. The third-order valence-corrected chi connectivity index (χ3v) is 3.76. The molecule has 0 aliphatic carbocycles. The molecule has 0 aliphatic heterocycles. The highest BCUT2D eigenvalue weighted by molar-refractivity contribution is 5.83. The Labute approximate surface area is 158 Å². The lowest BCUT2D eigenvalue weighted by molar-refractivity contribution is -0.120. The Kier molecular flexibility index (Phi) is 6.20. The van der Waals surface area contributed by atoms with E-state index >= 15 is 0 Å². The molecule has 0 bridgehead atoms. The quantitative estimate of drug-likeness (QED) is 0.508. The van der Waals surface area contributed by atoms with Crippen LogP contribution >= 0.6 is 0 Å². The van der Waals surface area contributed by atoms with Gasteiger partial charge >= 0.3 is 0 Å². The number of benzene rings is 3. The van der Waals surface area contributed by atoms with E-state index in [0.717, 1.165) is 22.6 Å². The number of ether oxygens (including phenoxy) is 2. The number of rotatable bonds is 7. The van der Waals surface area contributed by atoms with Crippen LogP contribution in [0.5, 0.6) is 17.2 Å². The molecule has 3 aromatic carbocycles. The van der Waals surface area contributed by atoms with Gasteiger partial charge < -0.3 is 9.47 Å². The van der Waals surface area contributed by atoms with E-state index < -0.39 is 0 Å². The summed E-state index contributed by atoms with van der Waals surface area (Å²) in [5.41, 5.74) is 4.25. The molecule has 3 aromatic rings. The van der Waals surface area contributed by atoms with Crippen molar-refractivity contribution in [1.82, 2.24) is 5.43 Å². The zero-order valence-electron chi connectivity index (χ0n) is 15.0. The summed E-state index contributed by atoms with van der Waals surface area (Å²) in [6, 6.07) is 24.4. The highest BCUT2D eigenvalue weighted by atomic mass is 16.5. The molecule has 0 spiro atoms. The molecule has 0 unspecified atom stereocenters. The van der Waals surface area contributed by atoms with Crippen molar-refractivity contribution in [2.24, 2.45) is 5.10 Å². The number of nitrogens with zero attached hydrogens (tertiary/aromatic N) is 1. The van der Waals surface area contributed by atoms with E-state index in [0.29, 0.717) is 5.75 Å².